The molecule has 0 bridgehead atoms. The molecule has 0 saturated heterocycles. The van der Waals surface area contributed by atoms with E-state index in [0.29, 0.717) is 21.0 Å². The van der Waals surface area contributed by atoms with Crippen molar-refractivity contribution in [1.82, 2.24) is 20.8 Å². The number of nitrogens with one attached hydrogen (secondary N) is 3. The highest BCUT2D eigenvalue weighted by Crippen LogP contribution is 2.25. The molecule has 0 aliphatic heterocycles. The largest absolute Gasteiger partial charge is 0.484 e. The van der Waals surface area contributed by atoms with Crippen LogP contribution in [0.15, 0.2) is 29.1 Å². The third-order valence-corrected chi connectivity index (χ3v) is 5.29. The number of thiophene rings is 1. The molecule has 1 aromatic carbocycles. The SMILES string of the molecule is Cc1sc2nc(CC(=O)NNC(=O)COc3ccc(Cl)cc3)[nH]c(=O)c2c1C. The summed E-state index contributed by atoms with van der Waals surface area (Å²) in [5.74, 6) is -0.359. The molecule has 10 heteroatoms. The van der Waals surface area contributed by atoms with Crippen LogP contribution in [0, 0.1) is 13.8 Å². The van der Waals surface area contributed by atoms with Crippen molar-refractivity contribution in [3.8, 4) is 5.75 Å². The van der Waals surface area contributed by atoms with Crippen molar-refractivity contribution in [2.45, 2.75) is 20.3 Å². The minimum Gasteiger partial charge on any atom is -0.484 e. The van der Waals surface area contributed by atoms with Crippen LogP contribution in [0.4, 0.5) is 0 Å². The number of aromatic nitrogens is 2. The van der Waals surface area contributed by atoms with Gasteiger partial charge in [0.2, 0.25) is 5.91 Å². The molecular formula is C18H17ClN4O4S. The number of benzene rings is 1. The van der Waals surface area contributed by atoms with Gasteiger partial charge in [0.1, 0.15) is 16.4 Å². The van der Waals surface area contributed by atoms with Gasteiger partial charge < -0.3 is 9.72 Å². The van der Waals surface area contributed by atoms with Crippen LogP contribution in [0.25, 0.3) is 10.2 Å². The Morgan fingerprint density at radius 2 is 1.86 bits per heavy atom. The topological polar surface area (TPSA) is 113 Å². The number of hydrazine groups is 1. The first-order chi connectivity index (χ1) is 13.3. The number of carbonyl (C=O) groups is 2. The van der Waals surface area contributed by atoms with Crippen molar-refractivity contribution in [3.63, 3.8) is 0 Å². The summed E-state index contributed by atoms with van der Waals surface area (Å²) < 4.78 is 5.27. The predicted octanol–water partition coefficient (Wildman–Crippen LogP) is 2.02. The molecule has 0 fully saturated rings. The highest BCUT2D eigenvalue weighted by atomic mass is 35.5. The van der Waals surface area contributed by atoms with E-state index in [1.807, 2.05) is 13.8 Å². The van der Waals surface area contributed by atoms with Crippen molar-refractivity contribution in [2.75, 3.05) is 6.61 Å². The van der Waals surface area contributed by atoms with Crippen LogP contribution < -0.4 is 21.1 Å². The van der Waals surface area contributed by atoms with Gasteiger partial charge in [0.05, 0.1) is 11.8 Å². The number of rotatable bonds is 5. The monoisotopic (exact) mass is 420 g/mol. The second-order valence-electron chi connectivity index (χ2n) is 5.99. The summed E-state index contributed by atoms with van der Waals surface area (Å²) in [5.41, 5.74) is 5.11. The number of nitrogens with zero attached hydrogens (tertiary/aromatic N) is 1. The fourth-order valence-corrected chi connectivity index (χ4v) is 3.61. The molecule has 146 valence electrons. The number of carbonyl (C=O) groups excluding carboxylic acids is 2. The molecule has 0 aliphatic rings. The Hall–Kier alpha value is -2.91. The minimum atomic E-state index is -0.537. The van der Waals surface area contributed by atoms with Gasteiger partial charge in [-0.1, -0.05) is 11.6 Å². The molecule has 2 heterocycles. The van der Waals surface area contributed by atoms with E-state index in [4.69, 9.17) is 16.3 Å². The zero-order valence-corrected chi connectivity index (χ0v) is 16.7. The van der Waals surface area contributed by atoms with E-state index < -0.39 is 11.8 Å². The Morgan fingerprint density at radius 3 is 2.57 bits per heavy atom. The second-order valence-corrected chi connectivity index (χ2v) is 7.63. The van der Waals surface area contributed by atoms with Crippen LogP contribution in [0.2, 0.25) is 5.02 Å². The molecule has 0 saturated carbocycles. The molecular weight excluding hydrogens is 404 g/mol. The van der Waals surface area contributed by atoms with Crippen LogP contribution in [0.1, 0.15) is 16.3 Å². The van der Waals surface area contributed by atoms with Gasteiger partial charge in [-0.15, -0.1) is 11.3 Å². The first-order valence-electron chi connectivity index (χ1n) is 8.28. The molecule has 0 unspecified atom stereocenters. The van der Waals surface area contributed by atoms with Crippen LogP contribution in [0.5, 0.6) is 5.75 Å². The molecule has 3 aromatic rings. The second kappa shape index (κ2) is 8.41. The molecule has 0 atom stereocenters. The summed E-state index contributed by atoms with van der Waals surface area (Å²) in [6.45, 7) is 3.49. The lowest BCUT2D eigenvalue weighted by Crippen LogP contribution is -2.44. The van der Waals surface area contributed by atoms with E-state index in [2.05, 4.69) is 20.8 Å². The van der Waals surface area contributed by atoms with E-state index in [9.17, 15) is 14.4 Å². The van der Waals surface area contributed by atoms with E-state index >= 15 is 0 Å². The van der Waals surface area contributed by atoms with E-state index in [-0.39, 0.29) is 24.4 Å². The van der Waals surface area contributed by atoms with Gasteiger partial charge in [-0.2, -0.15) is 0 Å². The molecule has 2 amide bonds. The van der Waals surface area contributed by atoms with Crippen molar-refractivity contribution < 1.29 is 14.3 Å². The number of hydrogen-bond donors (Lipinski definition) is 3. The van der Waals surface area contributed by atoms with Crippen LogP contribution in [0.3, 0.4) is 0 Å². The van der Waals surface area contributed by atoms with Gasteiger partial charge in [-0.25, -0.2) is 4.98 Å². The number of aromatic amines is 1. The summed E-state index contributed by atoms with van der Waals surface area (Å²) in [6, 6.07) is 6.52. The van der Waals surface area contributed by atoms with Crippen LogP contribution >= 0.6 is 22.9 Å². The number of halogens is 1. The summed E-state index contributed by atoms with van der Waals surface area (Å²) in [5, 5.41) is 1.10. The normalized spacial score (nSPS) is 10.7. The van der Waals surface area contributed by atoms with E-state index in [0.717, 1.165) is 10.4 Å². The lowest BCUT2D eigenvalue weighted by atomic mass is 10.2. The number of amides is 2. The average Bonchev–Trinajstić information content (AvgIpc) is 2.93. The van der Waals surface area contributed by atoms with Gasteiger partial charge in [0.25, 0.3) is 11.5 Å². The van der Waals surface area contributed by atoms with Gasteiger partial charge in [0.15, 0.2) is 6.61 Å². The number of fused-ring (bicyclic) bond motifs is 1. The Morgan fingerprint density at radius 1 is 1.18 bits per heavy atom. The predicted molar refractivity (Wildman–Crippen MR) is 107 cm³/mol. The van der Waals surface area contributed by atoms with E-state index in [1.165, 1.54) is 11.3 Å². The fraction of sp³-hybridized carbons (Fsp3) is 0.222. The molecule has 0 radical (unpaired) electrons. The highest BCUT2D eigenvalue weighted by Gasteiger charge is 2.14. The highest BCUT2D eigenvalue weighted by molar-refractivity contribution is 7.18. The Balaban J connectivity index is 1.52. The molecule has 28 heavy (non-hydrogen) atoms. The number of ether oxygens (including phenoxy) is 1. The number of H-pyrrole nitrogens is 1. The maximum Gasteiger partial charge on any atom is 0.276 e. The first-order valence-corrected chi connectivity index (χ1v) is 9.48. The number of aryl methyl sites for hydroxylation is 2. The quantitative estimate of drug-likeness (QED) is 0.546. The van der Waals surface area contributed by atoms with Crippen LogP contribution in [-0.2, 0) is 16.0 Å². The third-order valence-electron chi connectivity index (χ3n) is 3.94. The average molecular weight is 421 g/mol. The maximum atomic E-state index is 12.2. The van der Waals surface area contributed by atoms with Gasteiger partial charge in [0, 0.05) is 9.90 Å². The zero-order valence-electron chi connectivity index (χ0n) is 15.1. The Bertz CT molecular complexity index is 1090. The van der Waals surface area contributed by atoms with Gasteiger partial charge in [-0.3, -0.25) is 25.2 Å². The summed E-state index contributed by atoms with van der Waals surface area (Å²) in [7, 11) is 0. The smallest absolute Gasteiger partial charge is 0.276 e. The van der Waals surface area contributed by atoms with Crippen molar-refractivity contribution in [3.05, 3.63) is 55.9 Å². The Kier molecular flexibility index (Phi) is 5.96. The first kappa shape index (κ1) is 19.8. The maximum absolute atomic E-state index is 12.2. The lowest BCUT2D eigenvalue weighted by molar-refractivity contribution is -0.129. The minimum absolute atomic E-state index is 0.181. The van der Waals surface area contributed by atoms with Crippen molar-refractivity contribution in [1.29, 1.82) is 0 Å². The summed E-state index contributed by atoms with van der Waals surface area (Å²) in [6.07, 6.45) is -0.181. The fourth-order valence-electron chi connectivity index (χ4n) is 2.43. The molecule has 8 nitrogen and oxygen atoms in total. The van der Waals surface area contributed by atoms with Gasteiger partial charge >= 0.3 is 0 Å². The number of hydrogen-bond acceptors (Lipinski definition) is 6. The molecule has 3 rings (SSSR count). The van der Waals surface area contributed by atoms with Crippen molar-refractivity contribution >= 4 is 45.0 Å². The molecule has 3 N–H and O–H groups in total. The standard InChI is InChI=1S/C18H17ClN4O4S/c1-9-10(2)28-18-16(9)17(26)20-13(21-18)7-14(24)22-23-15(25)8-27-12-5-3-11(19)4-6-12/h3-6H,7-8H2,1-2H3,(H,22,24)(H,23,25)(H,20,21,26). The zero-order chi connectivity index (χ0) is 20.3. The molecule has 0 aliphatic carbocycles. The third kappa shape index (κ3) is 4.68. The summed E-state index contributed by atoms with van der Waals surface area (Å²) in [4.78, 5) is 44.5. The molecule has 2 aromatic heterocycles. The lowest BCUT2D eigenvalue weighted by Gasteiger charge is -2.08. The summed E-state index contributed by atoms with van der Waals surface area (Å²) >= 11 is 7.17. The Labute approximate surface area is 168 Å². The van der Waals surface area contributed by atoms with E-state index in [1.54, 1.807) is 24.3 Å². The van der Waals surface area contributed by atoms with Gasteiger partial charge in [-0.05, 0) is 43.7 Å². The molecule has 0 spiro atoms. The van der Waals surface area contributed by atoms with Crippen LogP contribution in [-0.4, -0.2) is 28.4 Å². The van der Waals surface area contributed by atoms with Crippen molar-refractivity contribution in [2.24, 2.45) is 0 Å².